The number of carboxylic acid groups (broad SMARTS) is 1. The van der Waals surface area contributed by atoms with Crippen LogP contribution in [0.5, 0.6) is 0 Å². The summed E-state index contributed by atoms with van der Waals surface area (Å²) in [6, 6.07) is 4.10. The molecule has 0 saturated heterocycles. The standard InChI is InChI=1S/C13H13BrN2O4S/c1-9-15-4-5-16(9)6-7-21(19,20)12-8-10(14)2-3-11(12)13(17)18/h2-5,8H,6-7H2,1H3,(H,17,18). The average molecular weight is 373 g/mol. The Balaban J connectivity index is 2.33. The van der Waals surface area contributed by atoms with Gasteiger partial charge in [0.2, 0.25) is 0 Å². The Kier molecular flexibility index (Phi) is 4.48. The Hall–Kier alpha value is -1.67. The van der Waals surface area contributed by atoms with Gasteiger partial charge in [-0.25, -0.2) is 18.2 Å². The van der Waals surface area contributed by atoms with Crippen molar-refractivity contribution < 1.29 is 18.3 Å². The van der Waals surface area contributed by atoms with Gasteiger partial charge in [-0.1, -0.05) is 15.9 Å². The van der Waals surface area contributed by atoms with Gasteiger partial charge < -0.3 is 9.67 Å². The summed E-state index contributed by atoms with van der Waals surface area (Å²) in [4.78, 5) is 15.0. The van der Waals surface area contributed by atoms with Gasteiger partial charge in [0.25, 0.3) is 0 Å². The van der Waals surface area contributed by atoms with Gasteiger partial charge in [-0.15, -0.1) is 0 Å². The van der Waals surface area contributed by atoms with Crippen molar-refractivity contribution in [3.8, 4) is 0 Å². The van der Waals surface area contributed by atoms with E-state index < -0.39 is 15.8 Å². The van der Waals surface area contributed by atoms with Crippen molar-refractivity contribution in [2.45, 2.75) is 18.4 Å². The second-order valence-electron chi connectivity index (χ2n) is 4.43. The van der Waals surface area contributed by atoms with Crippen LogP contribution in [0.15, 0.2) is 40.0 Å². The lowest BCUT2D eigenvalue weighted by Crippen LogP contribution is -2.16. The van der Waals surface area contributed by atoms with Crippen LogP contribution in [0.1, 0.15) is 16.2 Å². The predicted octanol–water partition coefficient (Wildman–Crippen LogP) is 2.13. The van der Waals surface area contributed by atoms with E-state index in [9.17, 15) is 13.2 Å². The third-order valence-electron chi connectivity index (χ3n) is 3.03. The Morgan fingerprint density at radius 3 is 2.71 bits per heavy atom. The Labute approximate surface area is 130 Å². The van der Waals surface area contributed by atoms with Gasteiger partial charge in [0.15, 0.2) is 9.84 Å². The van der Waals surface area contributed by atoms with E-state index in [0.29, 0.717) is 10.3 Å². The number of hydrogen-bond donors (Lipinski definition) is 1. The molecule has 0 spiro atoms. The van der Waals surface area contributed by atoms with E-state index >= 15 is 0 Å². The summed E-state index contributed by atoms with van der Waals surface area (Å²) >= 11 is 3.17. The number of sulfone groups is 1. The van der Waals surface area contributed by atoms with Crippen LogP contribution in [-0.4, -0.2) is 34.8 Å². The summed E-state index contributed by atoms with van der Waals surface area (Å²) in [5.74, 6) is -0.751. The van der Waals surface area contributed by atoms with E-state index in [4.69, 9.17) is 5.11 Å². The summed E-state index contributed by atoms with van der Waals surface area (Å²) in [6.45, 7) is 1.99. The number of imidazole rings is 1. The van der Waals surface area contributed by atoms with Gasteiger partial charge in [-0.05, 0) is 25.1 Å². The van der Waals surface area contributed by atoms with Crippen molar-refractivity contribution in [2.24, 2.45) is 0 Å². The minimum atomic E-state index is -3.71. The van der Waals surface area contributed by atoms with Crippen LogP contribution in [0.4, 0.5) is 0 Å². The monoisotopic (exact) mass is 372 g/mol. The fourth-order valence-electron chi connectivity index (χ4n) is 1.90. The summed E-state index contributed by atoms with van der Waals surface area (Å²) in [7, 11) is -3.71. The number of carbonyl (C=O) groups is 1. The molecule has 0 unspecified atom stereocenters. The number of aromatic carboxylic acids is 1. The molecule has 1 aromatic carbocycles. The van der Waals surface area contributed by atoms with E-state index in [1.807, 2.05) is 0 Å². The second-order valence-corrected chi connectivity index (χ2v) is 7.43. The van der Waals surface area contributed by atoms with Crippen molar-refractivity contribution in [1.29, 1.82) is 0 Å². The molecule has 0 radical (unpaired) electrons. The SMILES string of the molecule is Cc1nccn1CCS(=O)(=O)c1cc(Br)ccc1C(=O)O. The van der Waals surface area contributed by atoms with Crippen molar-refractivity contribution in [2.75, 3.05) is 5.75 Å². The number of rotatable bonds is 5. The van der Waals surface area contributed by atoms with E-state index in [2.05, 4.69) is 20.9 Å². The summed E-state index contributed by atoms with van der Waals surface area (Å²) in [5.41, 5.74) is -0.222. The Morgan fingerprint density at radius 2 is 2.14 bits per heavy atom. The van der Waals surface area contributed by atoms with Gasteiger partial charge in [0, 0.05) is 23.4 Å². The molecule has 112 valence electrons. The minimum Gasteiger partial charge on any atom is -0.478 e. The van der Waals surface area contributed by atoms with Crippen LogP contribution in [-0.2, 0) is 16.4 Å². The van der Waals surface area contributed by atoms with Gasteiger partial charge >= 0.3 is 5.97 Å². The molecule has 0 atom stereocenters. The van der Waals surface area contributed by atoms with E-state index in [-0.39, 0.29) is 22.8 Å². The molecule has 2 aromatic rings. The fourth-order valence-corrected chi connectivity index (χ4v) is 3.87. The summed E-state index contributed by atoms with van der Waals surface area (Å²) in [6.07, 6.45) is 3.27. The second kappa shape index (κ2) is 5.98. The zero-order valence-electron chi connectivity index (χ0n) is 11.2. The molecule has 8 heteroatoms. The molecule has 6 nitrogen and oxygen atoms in total. The third kappa shape index (κ3) is 3.51. The minimum absolute atomic E-state index is 0.179. The highest BCUT2D eigenvalue weighted by molar-refractivity contribution is 9.10. The van der Waals surface area contributed by atoms with Crippen molar-refractivity contribution in [3.05, 3.63) is 46.5 Å². The van der Waals surface area contributed by atoms with Crippen LogP contribution in [0.25, 0.3) is 0 Å². The first-order valence-corrected chi connectivity index (χ1v) is 8.49. The van der Waals surface area contributed by atoms with Crippen molar-refractivity contribution >= 4 is 31.7 Å². The maximum atomic E-state index is 12.4. The predicted molar refractivity (Wildman–Crippen MR) is 80.1 cm³/mol. The number of carboxylic acids is 1. The molecule has 1 aromatic heterocycles. The zero-order valence-corrected chi connectivity index (χ0v) is 13.6. The molecule has 0 aliphatic carbocycles. The first kappa shape index (κ1) is 15.7. The Bertz CT molecular complexity index is 783. The number of halogens is 1. The number of aromatic nitrogens is 2. The number of nitrogens with zero attached hydrogens (tertiary/aromatic N) is 2. The summed E-state index contributed by atoms with van der Waals surface area (Å²) in [5, 5.41) is 9.12. The molecule has 0 saturated carbocycles. The van der Waals surface area contributed by atoms with Crippen molar-refractivity contribution in [3.63, 3.8) is 0 Å². The quantitative estimate of drug-likeness (QED) is 0.867. The molecule has 1 heterocycles. The van der Waals surface area contributed by atoms with Gasteiger partial charge in [0.1, 0.15) is 5.82 Å². The maximum Gasteiger partial charge on any atom is 0.337 e. The molecular weight excluding hydrogens is 360 g/mol. The topological polar surface area (TPSA) is 89.3 Å². The van der Waals surface area contributed by atoms with Crippen LogP contribution in [0.2, 0.25) is 0 Å². The lowest BCUT2D eigenvalue weighted by atomic mass is 10.2. The first-order valence-electron chi connectivity index (χ1n) is 6.04. The molecule has 0 aliphatic heterocycles. The molecule has 21 heavy (non-hydrogen) atoms. The highest BCUT2D eigenvalue weighted by Gasteiger charge is 2.22. The molecule has 2 rings (SSSR count). The largest absolute Gasteiger partial charge is 0.478 e. The first-order chi connectivity index (χ1) is 9.81. The fraction of sp³-hybridized carbons (Fsp3) is 0.231. The van der Waals surface area contributed by atoms with Crippen LogP contribution < -0.4 is 0 Å². The zero-order chi connectivity index (χ0) is 15.6. The third-order valence-corrected chi connectivity index (χ3v) is 5.25. The van der Waals surface area contributed by atoms with Gasteiger partial charge in [0.05, 0.1) is 16.2 Å². The normalized spacial score (nSPS) is 11.5. The van der Waals surface area contributed by atoms with Crippen LogP contribution in [0.3, 0.4) is 0 Å². The van der Waals surface area contributed by atoms with E-state index in [1.54, 1.807) is 23.9 Å². The number of hydrogen-bond acceptors (Lipinski definition) is 4. The number of aryl methyl sites for hydroxylation is 2. The number of benzene rings is 1. The summed E-state index contributed by atoms with van der Waals surface area (Å²) < 4.78 is 27.0. The molecule has 0 fully saturated rings. The molecule has 0 bridgehead atoms. The smallest absolute Gasteiger partial charge is 0.337 e. The van der Waals surface area contributed by atoms with Crippen LogP contribution in [0, 0.1) is 6.92 Å². The molecule has 0 aliphatic rings. The molecule has 0 amide bonds. The lowest BCUT2D eigenvalue weighted by molar-refractivity contribution is 0.0692. The maximum absolute atomic E-state index is 12.4. The van der Waals surface area contributed by atoms with E-state index in [1.165, 1.54) is 18.2 Å². The lowest BCUT2D eigenvalue weighted by Gasteiger charge is -2.09. The van der Waals surface area contributed by atoms with E-state index in [0.717, 1.165) is 0 Å². The highest BCUT2D eigenvalue weighted by Crippen LogP contribution is 2.22. The van der Waals surface area contributed by atoms with Crippen LogP contribution >= 0.6 is 15.9 Å². The highest BCUT2D eigenvalue weighted by atomic mass is 79.9. The Morgan fingerprint density at radius 1 is 1.43 bits per heavy atom. The molecule has 1 N–H and O–H groups in total. The average Bonchev–Trinajstić information content (AvgIpc) is 2.81. The molecular formula is C13H13BrN2O4S. The van der Waals surface area contributed by atoms with Crippen molar-refractivity contribution in [1.82, 2.24) is 9.55 Å². The van der Waals surface area contributed by atoms with Gasteiger partial charge in [-0.2, -0.15) is 0 Å². The van der Waals surface area contributed by atoms with Gasteiger partial charge in [-0.3, -0.25) is 0 Å².